The van der Waals surface area contributed by atoms with Gasteiger partial charge in [0, 0.05) is 18.1 Å². The Morgan fingerprint density at radius 1 is 1.12 bits per heavy atom. The Bertz CT molecular complexity index is 252. The second-order valence-electron chi connectivity index (χ2n) is 4.93. The highest BCUT2D eigenvalue weighted by molar-refractivity contribution is 5.80. The number of nitrogens with one attached hydrogen (secondary N) is 1. The van der Waals surface area contributed by atoms with Crippen molar-refractivity contribution >= 4 is 5.91 Å². The highest BCUT2D eigenvalue weighted by Crippen LogP contribution is 2.18. The van der Waals surface area contributed by atoms with Crippen molar-refractivity contribution in [2.45, 2.75) is 43.8 Å². The zero-order valence-corrected chi connectivity index (χ0v) is 9.52. The van der Waals surface area contributed by atoms with E-state index in [0.717, 1.165) is 25.7 Å². The van der Waals surface area contributed by atoms with Gasteiger partial charge in [-0.15, -0.1) is 0 Å². The number of rotatable bonds is 2. The molecular weight excluding hydrogens is 206 g/mol. The largest absolute Gasteiger partial charge is 0.379 e. The Morgan fingerprint density at radius 3 is 2.38 bits per heavy atom. The van der Waals surface area contributed by atoms with Crippen LogP contribution in [-0.2, 0) is 9.53 Å². The summed E-state index contributed by atoms with van der Waals surface area (Å²) in [5.41, 5.74) is 11.6. The third-order valence-corrected chi connectivity index (χ3v) is 3.58. The summed E-state index contributed by atoms with van der Waals surface area (Å²) in [7, 11) is 0. The third kappa shape index (κ3) is 2.72. The van der Waals surface area contributed by atoms with Gasteiger partial charge in [-0.3, -0.25) is 4.79 Å². The Morgan fingerprint density at radius 2 is 1.81 bits per heavy atom. The lowest BCUT2D eigenvalue weighted by Gasteiger charge is -2.28. The smallest absolute Gasteiger partial charge is 0.227 e. The van der Waals surface area contributed by atoms with E-state index in [4.69, 9.17) is 16.2 Å². The van der Waals surface area contributed by atoms with Gasteiger partial charge in [0.2, 0.25) is 5.91 Å². The molecule has 0 bridgehead atoms. The molecule has 0 radical (unpaired) electrons. The highest BCUT2D eigenvalue weighted by atomic mass is 16.5. The van der Waals surface area contributed by atoms with Crippen LogP contribution in [0.4, 0.5) is 0 Å². The van der Waals surface area contributed by atoms with E-state index in [1.807, 2.05) is 0 Å². The molecule has 0 aromatic carbocycles. The Kier molecular flexibility index (Phi) is 3.78. The van der Waals surface area contributed by atoms with E-state index in [-0.39, 0.29) is 23.9 Å². The fourth-order valence-corrected chi connectivity index (χ4v) is 2.41. The molecule has 2 aliphatic rings. The molecule has 1 heterocycles. The topological polar surface area (TPSA) is 90.4 Å². The summed E-state index contributed by atoms with van der Waals surface area (Å²) in [6, 6.07) is 0.441. The fourth-order valence-electron chi connectivity index (χ4n) is 2.41. The van der Waals surface area contributed by atoms with E-state index in [1.54, 1.807) is 0 Å². The van der Waals surface area contributed by atoms with E-state index in [2.05, 4.69) is 5.32 Å². The summed E-state index contributed by atoms with van der Waals surface area (Å²) in [6.07, 6.45) is 3.96. The number of nitrogens with two attached hydrogens (primary N) is 2. The summed E-state index contributed by atoms with van der Waals surface area (Å²) in [6.45, 7) is 0.951. The standard InChI is InChI=1S/C11H21N3O2/c12-7-1-3-8(4-2-7)14-11(15)9-5-16-6-10(9)13/h7-10H,1-6,12-13H2,(H,14,15). The lowest BCUT2D eigenvalue weighted by Crippen LogP contribution is -2.47. The number of ether oxygens (including phenoxy) is 1. The van der Waals surface area contributed by atoms with Gasteiger partial charge in [0.05, 0.1) is 19.1 Å². The number of amides is 1. The summed E-state index contributed by atoms with van der Waals surface area (Å²) >= 11 is 0. The van der Waals surface area contributed by atoms with E-state index < -0.39 is 0 Å². The Balaban J connectivity index is 1.78. The van der Waals surface area contributed by atoms with Gasteiger partial charge in [-0.05, 0) is 25.7 Å². The predicted molar refractivity (Wildman–Crippen MR) is 60.7 cm³/mol. The zero-order valence-electron chi connectivity index (χ0n) is 9.52. The van der Waals surface area contributed by atoms with Gasteiger partial charge in [0.1, 0.15) is 0 Å². The molecule has 2 fully saturated rings. The van der Waals surface area contributed by atoms with Crippen LogP contribution < -0.4 is 16.8 Å². The van der Waals surface area contributed by atoms with Crippen molar-refractivity contribution in [1.29, 1.82) is 0 Å². The molecule has 2 rings (SSSR count). The first-order valence-electron chi connectivity index (χ1n) is 6.06. The van der Waals surface area contributed by atoms with Crippen molar-refractivity contribution in [2.75, 3.05) is 13.2 Å². The van der Waals surface area contributed by atoms with Gasteiger partial charge in [0.25, 0.3) is 0 Å². The molecule has 1 amide bonds. The van der Waals surface area contributed by atoms with Gasteiger partial charge in [-0.2, -0.15) is 0 Å². The van der Waals surface area contributed by atoms with Crippen molar-refractivity contribution in [3.63, 3.8) is 0 Å². The van der Waals surface area contributed by atoms with Crippen molar-refractivity contribution in [2.24, 2.45) is 17.4 Å². The molecule has 1 saturated heterocycles. The van der Waals surface area contributed by atoms with Crippen molar-refractivity contribution < 1.29 is 9.53 Å². The average molecular weight is 227 g/mol. The van der Waals surface area contributed by atoms with Crippen LogP contribution >= 0.6 is 0 Å². The molecule has 2 atom stereocenters. The highest BCUT2D eigenvalue weighted by Gasteiger charge is 2.32. The minimum atomic E-state index is -0.171. The minimum Gasteiger partial charge on any atom is -0.379 e. The zero-order chi connectivity index (χ0) is 11.5. The maximum atomic E-state index is 11.9. The number of carbonyl (C=O) groups excluding carboxylic acids is 1. The molecule has 5 nitrogen and oxygen atoms in total. The van der Waals surface area contributed by atoms with Gasteiger partial charge in [-0.1, -0.05) is 0 Å². The van der Waals surface area contributed by atoms with Crippen LogP contribution in [0.2, 0.25) is 0 Å². The van der Waals surface area contributed by atoms with Gasteiger partial charge in [0.15, 0.2) is 0 Å². The van der Waals surface area contributed by atoms with E-state index in [9.17, 15) is 4.79 Å². The predicted octanol–water partition coefficient (Wildman–Crippen LogP) is -0.654. The molecule has 2 unspecified atom stereocenters. The first-order chi connectivity index (χ1) is 7.66. The first-order valence-corrected chi connectivity index (χ1v) is 6.06. The molecule has 92 valence electrons. The number of carbonyl (C=O) groups is 1. The molecule has 0 spiro atoms. The maximum absolute atomic E-state index is 11.9. The molecule has 1 aliphatic carbocycles. The van der Waals surface area contributed by atoms with Crippen molar-refractivity contribution in [3.05, 3.63) is 0 Å². The first kappa shape index (κ1) is 11.8. The van der Waals surface area contributed by atoms with Gasteiger partial charge >= 0.3 is 0 Å². The second-order valence-corrected chi connectivity index (χ2v) is 4.93. The lowest BCUT2D eigenvalue weighted by atomic mass is 9.91. The van der Waals surface area contributed by atoms with Crippen LogP contribution in [0, 0.1) is 5.92 Å². The molecule has 0 aromatic heterocycles. The van der Waals surface area contributed by atoms with Crippen molar-refractivity contribution in [3.8, 4) is 0 Å². The molecule has 16 heavy (non-hydrogen) atoms. The summed E-state index contributed by atoms with van der Waals surface area (Å²) in [5.74, 6) is -0.124. The molecule has 5 N–H and O–H groups in total. The number of hydrogen-bond donors (Lipinski definition) is 3. The van der Waals surface area contributed by atoms with Crippen LogP contribution in [0.15, 0.2) is 0 Å². The molecular formula is C11H21N3O2. The summed E-state index contributed by atoms with van der Waals surface area (Å²) in [4.78, 5) is 11.9. The van der Waals surface area contributed by atoms with Crippen LogP contribution in [0.3, 0.4) is 0 Å². The summed E-state index contributed by atoms with van der Waals surface area (Å²) in [5, 5.41) is 3.06. The van der Waals surface area contributed by atoms with Crippen LogP contribution in [0.5, 0.6) is 0 Å². The molecule has 1 aliphatic heterocycles. The second kappa shape index (κ2) is 5.12. The minimum absolute atomic E-state index is 0.0467. The molecule has 1 saturated carbocycles. The van der Waals surface area contributed by atoms with Crippen LogP contribution in [0.25, 0.3) is 0 Å². The number of hydrogen-bond acceptors (Lipinski definition) is 4. The SMILES string of the molecule is NC1CCC(NC(=O)C2COCC2N)CC1. The van der Waals surface area contributed by atoms with E-state index in [1.165, 1.54) is 0 Å². The maximum Gasteiger partial charge on any atom is 0.227 e. The molecule has 0 aromatic rings. The van der Waals surface area contributed by atoms with Gasteiger partial charge in [-0.25, -0.2) is 0 Å². The normalized spacial score (nSPS) is 39.6. The van der Waals surface area contributed by atoms with Crippen molar-refractivity contribution in [1.82, 2.24) is 5.32 Å². The molecule has 5 heteroatoms. The third-order valence-electron chi connectivity index (χ3n) is 3.58. The lowest BCUT2D eigenvalue weighted by molar-refractivity contribution is -0.126. The average Bonchev–Trinajstić information content (AvgIpc) is 2.68. The van der Waals surface area contributed by atoms with E-state index in [0.29, 0.717) is 19.3 Å². The Hall–Kier alpha value is -0.650. The fraction of sp³-hybridized carbons (Fsp3) is 0.909. The van der Waals surface area contributed by atoms with E-state index >= 15 is 0 Å². The van der Waals surface area contributed by atoms with Crippen LogP contribution in [0.1, 0.15) is 25.7 Å². The monoisotopic (exact) mass is 227 g/mol. The van der Waals surface area contributed by atoms with Gasteiger partial charge < -0.3 is 21.5 Å². The van der Waals surface area contributed by atoms with Crippen LogP contribution in [-0.4, -0.2) is 37.2 Å². The Labute approximate surface area is 95.9 Å². The summed E-state index contributed by atoms with van der Waals surface area (Å²) < 4.78 is 5.19. The quantitative estimate of drug-likeness (QED) is 0.584.